The first kappa shape index (κ1) is 19.3. The monoisotopic (exact) mass is 443 g/mol. The van der Waals surface area contributed by atoms with Crippen LogP contribution in [0.4, 0.5) is 0 Å². The number of halogens is 2. The molecule has 0 saturated carbocycles. The van der Waals surface area contributed by atoms with Crippen molar-refractivity contribution in [3.63, 3.8) is 0 Å². The van der Waals surface area contributed by atoms with Crippen LogP contribution in [0.15, 0.2) is 45.0 Å². The Kier molecular flexibility index (Phi) is 4.78. The van der Waals surface area contributed by atoms with Gasteiger partial charge in [0.2, 0.25) is 11.6 Å². The lowest BCUT2D eigenvalue weighted by Crippen LogP contribution is -2.33. The van der Waals surface area contributed by atoms with Crippen molar-refractivity contribution in [1.29, 1.82) is 5.26 Å². The molecule has 0 bridgehead atoms. The van der Waals surface area contributed by atoms with Gasteiger partial charge in [0.05, 0.1) is 26.5 Å². The Morgan fingerprint density at radius 2 is 1.83 bits per heavy atom. The molecule has 0 unspecified atom stereocenters. The average molecular weight is 444 g/mol. The molecule has 0 fully saturated rings. The summed E-state index contributed by atoms with van der Waals surface area (Å²) in [6, 6.07) is 5.66. The number of H-pyrrole nitrogens is 2. The molecule has 3 aromatic heterocycles. The number of ether oxygens (including phenoxy) is 1. The van der Waals surface area contributed by atoms with Crippen molar-refractivity contribution in [2.24, 2.45) is 0 Å². The zero-order chi connectivity index (χ0) is 21.4. The molecule has 30 heavy (non-hydrogen) atoms. The van der Waals surface area contributed by atoms with Gasteiger partial charge in [0.1, 0.15) is 6.07 Å². The van der Waals surface area contributed by atoms with E-state index in [1.165, 1.54) is 30.6 Å². The maximum atomic E-state index is 12.1. The summed E-state index contributed by atoms with van der Waals surface area (Å²) in [5.74, 6) is -0.00915. The minimum atomic E-state index is -0.916. The number of hydrogen-bond donors (Lipinski definition) is 2. The number of benzene rings is 1. The van der Waals surface area contributed by atoms with Crippen molar-refractivity contribution in [3.8, 4) is 23.4 Å². The zero-order valence-corrected chi connectivity index (χ0v) is 16.0. The highest BCUT2D eigenvalue weighted by Crippen LogP contribution is 2.38. The van der Waals surface area contributed by atoms with E-state index in [0.717, 1.165) is 4.68 Å². The Balaban J connectivity index is 1.82. The van der Waals surface area contributed by atoms with E-state index in [4.69, 9.17) is 33.2 Å². The van der Waals surface area contributed by atoms with Crippen molar-refractivity contribution in [2.45, 2.75) is 0 Å². The molecule has 0 radical (unpaired) electrons. The molecule has 0 aliphatic heterocycles. The number of nitrogens with zero attached hydrogens (tertiary/aromatic N) is 5. The summed E-state index contributed by atoms with van der Waals surface area (Å²) < 4.78 is 6.45. The second kappa shape index (κ2) is 7.43. The molecule has 148 valence electrons. The smallest absolute Gasteiger partial charge is 0.349 e. The fraction of sp³-hybridized carbons (Fsp3) is 0. The van der Waals surface area contributed by atoms with E-state index in [-0.39, 0.29) is 27.4 Å². The third-order valence-corrected chi connectivity index (χ3v) is 4.48. The van der Waals surface area contributed by atoms with E-state index in [1.807, 2.05) is 4.98 Å². The van der Waals surface area contributed by atoms with Gasteiger partial charge in [0.25, 0.3) is 11.1 Å². The summed E-state index contributed by atoms with van der Waals surface area (Å²) in [7, 11) is 0. The van der Waals surface area contributed by atoms with Crippen LogP contribution >= 0.6 is 23.2 Å². The van der Waals surface area contributed by atoms with Gasteiger partial charge < -0.3 is 4.74 Å². The molecule has 4 aromatic rings. The van der Waals surface area contributed by atoms with Crippen LogP contribution in [0.5, 0.6) is 11.6 Å². The molecule has 0 aliphatic rings. The second-order valence-electron chi connectivity index (χ2n) is 5.75. The summed E-state index contributed by atoms with van der Waals surface area (Å²) >= 11 is 12.5. The highest BCUT2D eigenvalue weighted by atomic mass is 35.5. The Morgan fingerprint density at radius 3 is 2.53 bits per heavy atom. The lowest BCUT2D eigenvalue weighted by Gasteiger charge is -2.12. The molecule has 0 amide bonds. The molecule has 11 nitrogen and oxygen atoms in total. The van der Waals surface area contributed by atoms with Gasteiger partial charge in [-0.2, -0.15) is 9.94 Å². The van der Waals surface area contributed by atoms with E-state index in [2.05, 4.69) is 20.3 Å². The zero-order valence-electron chi connectivity index (χ0n) is 14.5. The van der Waals surface area contributed by atoms with E-state index < -0.39 is 22.5 Å². The van der Waals surface area contributed by atoms with Gasteiger partial charge in [-0.15, -0.1) is 10.2 Å². The Morgan fingerprint density at radius 1 is 1.10 bits per heavy atom. The van der Waals surface area contributed by atoms with Gasteiger partial charge >= 0.3 is 5.69 Å². The first-order valence-electron chi connectivity index (χ1n) is 8.02. The van der Waals surface area contributed by atoms with E-state index in [1.54, 1.807) is 6.07 Å². The maximum Gasteiger partial charge on any atom is 0.349 e. The van der Waals surface area contributed by atoms with Gasteiger partial charge in [-0.05, 0) is 18.2 Å². The number of aromatic nitrogens is 6. The number of pyridine rings is 1. The topological polar surface area (TPSA) is 159 Å². The Labute approximate surface area is 175 Å². The Hall–Kier alpha value is -4.01. The van der Waals surface area contributed by atoms with Crippen molar-refractivity contribution in [1.82, 2.24) is 29.9 Å². The van der Waals surface area contributed by atoms with E-state index >= 15 is 0 Å². The van der Waals surface area contributed by atoms with Crippen LogP contribution < -0.4 is 21.5 Å². The Bertz CT molecular complexity index is 1510. The van der Waals surface area contributed by atoms with Gasteiger partial charge in [-0.3, -0.25) is 19.6 Å². The molecule has 13 heteroatoms. The quantitative estimate of drug-likeness (QED) is 0.481. The van der Waals surface area contributed by atoms with E-state index in [9.17, 15) is 14.4 Å². The molecule has 0 spiro atoms. The van der Waals surface area contributed by atoms with Gasteiger partial charge in [-0.1, -0.05) is 23.2 Å². The lowest BCUT2D eigenvalue weighted by atomic mass is 10.2. The fourth-order valence-electron chi connectivity index (χ4n) is 2.57. The van der Waals surface area contributed by atoms with Crippen LogP contribution in [0.1, 0.15) is 5.69 Å². The first-order valence-corrected chi connectivity index (χ1v) is 8.78. The van der Waals surface area contributed by atoms with Crippen molar-refractivity contribution in [3.05, 3.63) is 77.5 Å². The molecule has 0 atom stereocenters. The molecular formula is C17H7Cl2N7O4. The largest absolute Gasteiger partial charge is 0.434 e. The minimum absolute atomic E-state index is 0.000324. The van der Waals surface area contributed by atoms with Crippen molar-refractivity contribution < 1.29 is 4.74 Å². The number of fused-ring (bicyclic) bond motifs is 1. The number of hydrogen-bond acceptors (Lipinski definition) is 8. The molecule has 1 aromatic carbocycles. The molecule has 3 heterocycles. The standard InChI is InChI=1S/C17H7Cl2N7O4/c18-10-3-7(26-17(29)22-15(28)12(5-20)25-26)4-11(19)13(10)30-16-9-6-21-2-1-8(9)14(27)23-24-16/h1-4,6H,(H,23,27)(H,22,28,29). The van der Waals surface area contributed by atoms with Crippen LogP contribution in [0.3, 0.4) is 0 Å². The fourth-order valence-corrected chi connectivity index (χ4v) is 3.13. The second-order valence-corrected chi connectivity index (χ2v) is 6.57. The number of aromatic amines is 2. The van der Waals surface area contributed by atoms with Crippen LogP contribution in [-0.2, 0) is 0 Å². The van der Waals surface area contributed by atoms with Gasteiger partial charge in [0.15, 0.2) is 5.75 Å². The lowest BCUT2D eigenvalue weighted by molar-refractivity contribution is 0.461. The van der Waals surface area contributed by atoms with Gasteiger partial charge in [-0.25, -0.2) is 9.89 Å². The number of nitrogens with one attached hydrogen (secondary N) is 2. The summed E-state index contributed by atoms with van der Waals surface area (Å²) in [5.41, 5.74) is -2.67. The molecular weight excluding hydrogens is 437 g/mol. The summed E-state index contributed by atoms with van der Waals surface area (Å²) in [6.45, 7) is 0. The SMILES string of the molecule is N#Cc1nn(-c2cc(Cl)c(Oc3n[nH]c(=O)c4ccncc34)c(Cl)c2)c(=O)[nH]c1=O. The molecule has 0 saturated heterocycles. The predicted octanol–water partition coefficient (Wildman–Crippen LogP) is 1.52. The van der Waals surface area contributed by atoms with Crippen LogP contribution in [0, 0.1) is 11.3 Å². The predicted molar refractivity (Wildman–Crippen MR) is 105 cm³/mol. The highest BCUT2D eigenvalue weighted by Gasteiger charge is 2.17. The summed E-state index contributed by atoms with van der Waals surface area (Å²) in [5, 5.41) is 19.4. The number of rotatable bonds is 3. The molecule has 4 rings (SSSR count). The number of nitriles is 1. The van der Waals surface area contributed by atoms with Crippen molar-refractivity contribution in [2.75, 3.05) is 0 Å². The maximum absolute atomic E-state index is 12.1. The molecule has 2 N–H and O–H groups in total. The normalized spacial score (nSPS) is 10.7. The van der Waals surface area contributed by atoms with Crippen molar-refractivity contribution >= 4 is 34.0 Å². The van der Waals surface area contributed by atoms with Crippen LogP contribution in [0.2, 0.25) is 10.0 Å². The first-order chi connectivity index (χ1) is 14.4. The van der Waals surface area contributed by atoms with Gasteiger partial charge in [0, 0.05) is 12.4 Å². The minimum Gasteiger partial charge on any atom is -0.434 e. The third kappa shape index (κ3) is 3.30. The van der Waals surface area contributed by atoms with Crippen LogP contribution in [0.25, 0.3) is 16.5 Å². The summed E-state index contributed by atoms with van der Waals surface area (Å²) in [6.07, 6.45) is 2.84. The third-order valence-electron chi connectivity index (χ3n) is 3.92. The summed E-state index contributed by atoms with van der Waals surface area (Å²) in [4.78, 5) is 41.4. The molecule has 0 aliphatic carbocycles. The van der Waals surface area contributed by atoms with Crippen LogP contribution in [-0.4, -0.2) is 29.9 Å². The average Bonchev–Trinajstić information content (AvgIpc) is 2.72. The van der Waals surface area contributed by atoms with E-state index in [0.29, 0.717) is 10.8 Å². The highest BCUT2D eigenvalue weighted by molar-refractivity contribution is 6.37.